The summed E-state index contributed by atoms with van der Waals surface area (Å²) in [6.45, 7) is -3.89. The Morgan fingerprint density at radius 2 is 1.65 bits per heavy atom. The molecule has 7 heteroatoms. The van der Waals surface area contributed by atoms with Crippen LogP contribution in [0, 0.1) is 0 Å². The maximum absolute atomic E-state index is 12.9. The van der Waals surface area contributed by atoms with Crippen LogP contribution in [-0.2, 0) is 14.1 Å². The molecular formula is C19H17ClNO4P. The quantitative estimate of drug-likeness (QED) is 0.471. The van der Waals surface area contributed by atoms with Crippen LogP contribution in [0.4, 0.5) is 0 Å². The summed E-state index contributed by atoms with van der Waals surface area (Å²) in [5.41, 5.74) is 0.571. The van der Waals surface area contributed by atoms with Crippen LogP contribution in [0.3, 0.4) is 0 Å². The summed E-state index contributed by atoms with van der Waals surface area (Å²) in [6, 6.07) is 20.6. The van der Waals surface area contributed by atoms with Crippen molar-refractivity contribution in [2.24, 2.45) is 0 Å². The molecule has 0 fully saturated rings. The van der Waals surface area contributed by atoms with Gasteiger partial charge in [-0.15, -0.1) is 0 Å². The normalized spacial score (nSPS) is 14.4. The fourth-order valence-electron chi connectivity index (χ4n) is 2.61. The Bertz CT molecular complexity index is 959. The molecule has 0 saturated heterocycles. The van der Waals surface area contributed by atoms with Crippen LogP contribution < -0.4 is 9.61 Å². The minimum atomic E-state index is -3.89. The van der Waals surface area contributed by atoms with Crippen molar-refractivity contribution in [3.63, 3.8) is 0 Å². The Labute approximate surface area is 156 Å². The summed E-state index contributed by atoms with van der Waals surface area (Å²) >= 11 is 6.13. The van der Waals surface area contributed by atoms with E-state index in [1.54, 1.807) is 36.4 Å². The molecule has 134 valence electrons. The Hall–Kier alpha value is -2.33. The molecule has 0 spiro atoms. The fourth-order valence-corrected chi connectivity index (χ4v) is 4.15. The third-order valence-corrected chi connectivity index (χ3v) is 5.32. The first-order valence-electron chi connectivity index (χ1n) is 7.88. The molecule has 2 atom stereocenters. The van der Waals surface area contributed by atoms with Crippen LogP contribution in [0.5, 0.6) is 5.75 Å². The van der Waals surface area contributed by atoms with Gasteiger partial charge >= 0.3 is 12.8 Å². The number of esters is 1. The first-order chi connectivity index (χ1) is 12.5. The SMILES string of the molecule is COC(=O)C(NP(=O)(Cl)Oc1cccc2ccccc12)c1ccccc1. The second-order valence-electron chi connectivity index (χ2n) is 5.54. The van der Waals surface area contributed by atoms with E-state index >= 15 is 0 Å². The summed E-state index contributed by atoms with van der Waals surface area (Å²) in [4.78, 5) is 12.1. The highest BCUT2D eigenvalue weighted by molar-refractivity contribution is 7.84. The third kappa shape index (κ3) is 4.25. The van der Waals surface area contributed by atoms with Crippen molar-refractivity contribution >= 4 is 34.9 Å². The molecule has 3 aromatic carbocycles. The van der Waals surface area contributed by atoms with Gasteiger partial charge in [-0.2, -0.15) is 0 Å². The number of halogens is 1. The van der Waals surface area contributed by atoms with Crippen LogP contribution in [0.15, 0.2) is 72.8 Å². The highest BCUT2D eigenvalue weighted by atomic mass is 35.7. The Morgan fingerprint density at radius 3 is 2.38 bits per heavy atom. The van der Waals surface area contributed by atoms with Gasteiger partial charge in [0.1, 0.15) is 11.8 Å². The van der Waals surface area contributed by atoms with E-state index in [-0.39, 0.29) is 0 Å². The van der Waals surface area contributed by atoms with E-state index in [0.717, 1.165) is 10.8 Å². The van der Waals surface area contributed by atoms with Gasteiger partial charge in [0.25, 0.3) is 0 Å². The van der Waals surface area contributed by atoms with Crippen LogP contribution in [0.1, 0.15) is 11.6 Å². The molecular weight excluding hydrogens is 373 g/mol. The summed E-state index contributed by atoms with van der Waals surface area (Å²) in [5.74, 6) is -0.246. The average Bonchev–Trinajstić information content (AvgIpc) is 2.66. The van der Waals surface area contributed by atoms with E-state index in [0.29, 0.717) is 11.3 Å². The topological polar surface area (TPSA) is 64.6 Å². The summed E-state index contributed by atoms with van der Waals surface area (Å²) in [7, 11) is 1.25. The number of fused-ring (bicyclic) bond motifs is 1. The predicted molar refractivity (Wildman–Crippen MR) is 102 cm³/mol. The molecule has 0 aliphatic carbocycles. The number of carbonyl (C=O) groups excluding carboxylic acids is 1. The van der Waals surface area contributed by atoms with Gasteiger partial charge in [-0.05, 0) is 17.0 Å². The minimum Gasteiger partial charge on any atom is -0.468 e. The van der Waals surface area contributed by atoms with Gasteiger partial charge in [0.05, 0.1) is 7.11 Å². The number of hydrogen-bond donors (Lipinski definition) is 1. The van der Waals surface area contributed by atoms with Gasteiger partial charge in [0.15, 0.2) is 0 Å². The van der Waals surface area contributed by atoms with E-state index in [1.165, 1.54) is 7.11 Å². The van der Waals surface area contributed by atoms with Crippen molar-refractivity contribution in [1.29, 1.82) is 0 Å². The number of rotatable bonds is 6. The van der Waals surface area contributed by atoms with Crippen molar-refractivity contribution < 1.29 is 18.6 Å². The molecule has 5 nitrogen and oxygen atoms in total. The monoisotopic (exact) mass is 389 g/mol. The smallest absolute Gasteiger partial charge is 0.410 e. The predicted octanol–water partition coefficient (Wildman–Crippen LogP) is 5.07. The summed E-state index contributed by atoms with van der Waals surface area (Å²) in [6.07, 6.45) is 0. The van der Waals surface area contributed by atoms with Crippen LogP contribution in [0.25, 0.3) is 10.8 Å². The molecule has 0 heterocycles. The van der Waals surface area contributed by atoms with Gasteiger partial charge < -0.3 is 9.26 Å². The van der Waals surface area contributed by atoms with Gasteiger partial charge in [-0.3, -0.25) is 0 Å². The Balaban J connectivity index is 1.89. The molecule has 3 aromatic rings. The molecule has 0 amide bonds. The third-order valence-electron chi connectivity index (χ3n) is 3.82. The average molecular weight is 390 g/mol. The number of ether oxygens (including phenoxy) is 1. The molecule has 26 heavy (non-hydrogen) atoms. The molecule has 2 unspecified atom stereocenters. The number of benzene rings is 3. The molecule has 0 aromatic heterocycles. The zero-order valence-electron chi connectivity index (χ0n) is 14.0. The van der Waals surface area contributed by atoms with E-state index in [9.17, 15) is 9.36 Å². The summed E-state index contributed by atoms with van der Waals surface area (Å²) < 4.78 is 23.2. The lowest BCUT2D eigenvalue weighted by Gasteiger charge is -2.21. The van der Waals surface area contributed by atoms with Crippen molar-refractivity contribution in [3.05, 3.63) is 78.4 Å². The lowest BCUT2D eigenvalue weighted by molar-refractivity contribution is -0.142. The lowest BCUT2D eigenvalue weighted by atomic mass is 10.1. The number of hydrogen-bond acceptors (Lipinski definition) is 4. The molecule has 0 aliphatic heterocycles. The zero-order chi connectivity index (χ0) is 18.6. The Kier molecular flexibility index (Phi) is 5.62. The Morgan fingerprint density at radius 1 is 1.00 bits per heavy atom. The fraction of sp³-hybridized carbons (Fsp3) is 0.105. The van der Waals surface area contributed by atoms with E-state index in [4.69, 9.17) is 20.5 Å². The summed E-state index contributed by atoms with van der Waals surface area (Å²) in [5, 5.41) is 4.29. The van der Waals surface area contributed by atoms with Crippen LogP contribution in [-0.4, -0.2) is 13.1 Å². The minimum absolute atomic E-state index is 0.366. The number of carbonyl (C=O) groups is 1. The van der Waals surface area contributed by atoms with Gasteiger partial charge in [-0.25, -0.2) is 14.4 Å². The first-order valence-corrected chi connectivity index (χ1v) is 10.4. The van der Waals surface area contributed by atoms with Crippen molar-refractivity contribution in [3.8, 4) is 5.75 Å². The maximum Gasteiger partial charge on any atom is 0.410 e. The van der Waals surface area contributed by atoms with Crippen molar-refractivity contribution in [2.75, 3.05) is 7.11 Å². The molecule has 0 saturated carbocycles. The second kappa shape index (κ2) is 7.92. The molecule has 0 aliphatic rings. The molecule has 0 bridgehead atoms. The standard InChI is InChI=1S/C19H17ClNO4P/c1-24-19(22)18(15-9-3-2-4-10-15)21-26(20,23)25-17-13-7-11-14-8-5-6-12-16(14)17/h2-13,18H,1H3,(H,21,23). The number of methoxy groups -OCH3 is 1. The maximum atomic E-state index is 12.9. The van der Waals surface area contributed by atoms with Gasteiger partial charge in [0, 0.05) is 16.6 Å². The first kappa shape index (κ1) is 18.5. The molecule has 3 rings (SSSR count). The zero-order valence-corrected chi connectivity index (χ0v) is 15.6. The van der Waals surface area contributed by atoms with Gasteiger partial charge in [-0.1, -0.05) is 66.7 Å². The van der Waals surface area contributed by atoms with E-state index < -0.39 is 18.9 Å². The second-order valence-corrected chi connectivity index (χ2v) is 8.28. The van der Waals surface area contributed by atoms with E-state index in [1.807, 2.05) is 36.4 Å². The number of nitrogens with one attached hydrogen (secondary N) is 1. The van der Waals surface area contributed by atoms with Crippen LogP contribution in [0.2, 0.25) is 0 Å². The highest BCUT2D eigenvalue weighted by Gasteiger charge is 2.32. The molecule has 0 radical (unpaired) electrons. The van der Waals surface area contributed by atoms with Crippen molar-refractivity contribution in [1.82, 2.24) is 5.09 Å². The van der Waals surface area contributed by atoms with E-state index in [2.05, 4.69) is 5.09 Å². The van der Waals surface area contributed by atoms with Crippen molar-refractivity contribution in [2.45, 2.75) is 6.04 Å². The van der Waals surface area contributed by atoms with Gasteiger partial charge in [0.2, 0.25) is 0 Å². The molecule has 1 N–H and O–H groups in total. The largest absolute Gasteiger partial charge is 0.468 e. The lowest BCUT2D eigenvalue weighted by Crippen LogP contribution is -2.27. The van der Waals surface area contributed by atoms with Crippen LogP contribution >= 0.6 is 18.1 Å². The highest BCUT2D eigenvalue weighted by Crippen LogP contribution is 2.51.